The van der Waals surface area contributed by atoms with E-state index in [1.54, 1.807) is 12.1 Å². The number of aryl methyl sites for hydroxylation is 1. The van der Waals surface area contributed by atoms with Gasteiger partial charge in [-0.3, -0.25) is 0 Å². The molecule has 0 aliphatic carbocycles. The number of nitrogens with zero attached hydrogens (tertiary/aromatic N) is 1. The van der Waals surface area contributed by atoms with Crippen molar-refractivity contribution >= 4 is 10.0 Å². The van der Waals surface area contributed by atoms with Crippen molar-refractivity contribution in [3.63, 3.8) is 0 Å². The molecule has 0 saturated carbocycles. The Hall–Kier alpha value is -1.39. The van der Waals surface area contributed by atoms with Crippen LogP contribution in [0.1, 0.15) is 19.4 Å². The van der Waals surface area contributed by atoms with E-state index in [0.717, 1.165) is 11.1 Å². The Morgan fingerprint density at radius 2 is 1.79 bits per heavy atom. The highest BCUT2D eigenvalue weighted by atomic mass is 32.2. The molecule has 0 radical (unpaired) electrons. The van der Waals surface area contributed by atoms with Crippen LogP contribution in [0.4, 0.5) is 0 Å². The highest BCUT2D eigenvalue weighted by Crippen LogP contribution is 2.29. The van der Waals surface area contributed by atoms with Crippen molar-refractivity contribution in [2.24, 2.45) is 0 Å². The molecule has 4 heteroatoms. The first kappa shape index (κ1) is 14.0. The summed E-state index contributed by atoms with van der Waals surface area (Å²) in [4.78, 5) is 0.333. The van der Waals surface area contributed by atoms with Crippen LogP contribution in [0, 0.1) is 6.92 Å². The predicted molar refractivity (Wildman–Crippen MR) is 77.4 cm³/mol. The van der Waals surface area contributed by atoms with Crippen LogP contribution >= 0.6 is 0 Å². The Kier molecular flexibility index (Phi) is 3.65. The molecule has 0 N–H and O–H groups in total. The van der Waals surface area contributed by atoms with E-state index in [4.69, 9.17) is 0 Å². The Bertz CT molecular complexity index is 614. The average Bonchev–Trinajstić information content (AvgIpc) is 2.72. The Morgan fingerprint density at radius 1 is 1.21 bits per heavy atom. The smallest absolute Gasteiger partial charge is 0.207 e. The molecule has 0 aromatic heterocycles. The van der Waals surface area contributed by atoms with Crippen LogP contribution in [-0.4, -0.2) is 24.8 Å². The predicted octanol–water partition coefficient (Wildman–Crippen LogP) is 2.89. The van der Waals surface area contributed by atoms with Crippen LogP contribution in [0.2, 0.25) is 0 Å². The highest BCUT2D eigenvalue weighted by molar-refractivity contribution is 7.89. The number of rotatable bonds is 3. The maximum atomic E-state index is 12.7. The second-order valence-electron chi connectivity index (χ2n) is 5.06. The SMILES string of the molecule is C=C(C)[C@@H]1C=C[C@H](C)N1S(=O)(=O)c1ccc(C)cc1. The fraction of sp³-hybridized carbons (Fsp3) is 0.333. The summed E-state index contributed by atoms with van der Waals surface area (Å²) in [6, 6.07) is 6.55. The van der Waals surface area contributed by atoms with Crippen molar-refractivity contribution in [2.75, 3.05) is 0 Å². The summed E-state index contributed by atoms with van der Waals surface area (Å²) in [5.74, 6) is 0. The Labute approximate surface area is 115 Å². The van der Waals surface area contributed by atoms with Gasteiger partial charge in [-0.2, -0.15) is 4.31 Å². The van der Waals surface area contributed by atoms with E-state index in [1.807, 2.05) is 45.1 Å². The van der Waals surface area contributed by atoms with Crippen molar-refractivity contribution in [1.29, 1.82) is 0 Å². The summed E-state index contributed by atoms with van der Waals surface area (Å²) < 4.78 is 26.9. The second kappa shape index (κ2) is 4.94. The number of benzene rings is 1. The van der Waals surface area contributed by atoms with E-state index in [-0.39, 0.29) is 12.1 Å². The van der Waals surface area contributed by atoms with Crippen LogP contribution in [0.5, 0.6) is 0 Å². The number of hydrogen-bond donors (Lipinski definition) is 0. The minimum atomic E-state index is -3.49. The van der Waals surface area contributed by atoms with Gasteiger partial charge >= 0.3 is 0 Å². The summed E-state index contributed by atoms with van der Waals surface area (Å²) in [6.07, 6.45) is 3.81. The van der Waals surface area contributed by atoms with Gasteiger partial charge in [0.25, 0.3) is 0 Å². The molecule has 0 fully saturated rings. The molecule has 0 unspecified atom stereocenters. The van der Waals surface area contributed by atoms with Crippen LogP contribution < -0.4 is 0 Å². The summed E-state index contributed by atoms with van der Waals surface area (Å²) in [6.45, 7) is 9.56. The minimum absolute atomic E-state index is 0.145. The lowest BCUT2D eigenvalue weighted by Crippen LogP contribution is -2.41. The van der Waals surface area contributed by atoms with E-state index in [9.17, 15) is 8.42 Å². The molecule has 0 saturated heterocycles. The van der Waals surface area contributed by atoms with Gasteiger partial charge in [-0.25, -0.2) is 8.42 Å². The van der Waals surface area contributed by atoms with Crippen molar-refractivity contribution in [1.82, 2.24) is 4.31 Å². The summed E-state index contributed by atoms with van der Waals surface area (Å²) in [5, 5.41) is 0. The van der Waals surface area contributed by atoms with Crippen LogP contribution in [0.15, 0.2) is 53.5 Å². The largest absolute Gasteiger partial charge is 0.244 e. The molecule has 1 heterocycles. The van der Waals surface area contributed by atoms with Gasteiger partial charge in [-0.15, -0.1) is 0 Å². The molecular formula is C15H19NO2S. The van der Waals surface area contributed by atoms with Gasteiger partial charge in [-0.1, -0.05) is 42.0 Å². The molecule has 0 amide bonds. The van der Waals surface area contributed by atoms with E-state index in [0.29, 0.717) is 4.90 Å². The van der Waals surface area contributed by atoms with Gasteiger partial charge in [0.1, 0.15) is 0 Å². The summed E-state index contributed by atoms with van der Waals surface area (Å²) in [7, 11) is -3.49. The maximum Gasteiger partial charge on any atom is 0.244 e. The van der Waals surface area contributed by atoms with Gasteiger partial charge in [0, 0.05) is 6.04 Å². The molecule has 2 rings (SSSR count). The summed E-state index contributed by atoms with van der Waals surface area (Å²) >= 11 is 0. The van der Waals surface area contributed by atoms with Gasteiger partial charge < -0.3 is 0 Å². The number of hydrogen-bond acceptors (Lipinski definition) is 2. The van der Waals surface area contributed by atoms with Crippen LogP contribution in [0.25, 0.3) is 0 Å². The molecule has 0 bridgehead atoms. The highest BCUT2D eigenvalue weighted by Gasteiger charge is 2.36. The standard InChI is InChI=1S/C15H19NO2S/c1-11(2)15-10-7-13(4)16(15)19(17,18)14-8-5-12(3)6-9-14/h5-10,13,15H,1H2,2-4H3/t13-,15-/m0/s1. The zero-order chi connectivity index (χ0) is 14.2. The molecule has 1 aromatic rings. The van der Waals surface area contributed by atoms with E-state index >= 15 is 0 Å². The first-order valence-corrected chi connectivity index (χ1v) is 7.72. The second-order valence-corrected chi connectivity index (χ2v) is 6.91. The Balaban J connectivity index is 2.44. The topological polar surface area (TPSA) is 37.4 Å². The molecule has 102 valence electrons. The third-order valence-electron chi connectivity index (χ3n) is 3.35. The normalized spacial score (nSPS) is 23.7. The zero-order valence-corrected chi connectivity index (χ0v) is 12.3. The third kappa shape index (κ3) is 2.51. The molecule has 2 atom stereocenters. The Morgan fingerprint density at radius 3 is 2.32 bits per heavy atom. The molecule has 1 aliphatic heterocycles. The molecule has 0 spiro atoms. The number of sulfonamides is 1. The monoisotopic (exact) mass is 277 g/mol. The van der Waals surface area contributed by atoms with E-state index in [1.165, 1.54) is 4.31 Å². The quantitative estimate of drug-likeness (QED) is 0.797. The minimum Gasteiger partial charge on any atom is -0.207 e. The lowest BCUT2D eigenvalue weighted by Gasteiger charge is -2.28. The molecule has 1 aliphatic rings. The molecule has 1 aromatic carbocycles. The fourth-order valence-corrected chi connectivity index (χ4v) is 4.05. The lowest BCUT2D eigenvalue weighted by molar-refractivity contribution is 0.379. The van der Waals surface area contributed by atoms with Crippen molar-refractivity contribution in [3.05, 3.63) is 54.1 Å². The third-order valence-corrected chi connectivity index (χ3v) is 5.33. The van der Waals surface area contributed by atoms with Crippen molar-refractivity contribution < 1.29 is 8.42 Å². The molecular weight excluding hydrogens is 258 g/mol. The van der Waals surface area contributed by atoms with Crippen LogP contribution in [-0.2, 0) is 10.0 Å². The summed E-state index contributed by atoms with van der Waals surface area (Å²) in [5.41, 5.74) is 1.87. The van der Waals surface area contributed by atoms with Crippen molar-refractivity contribution in [2.45, 2.75) is 37.8 Å². The van der Waals surface area contributed by atoms with Crippen LogP contribution in [0.3, 0.4) is 0 Å². The van der Waals surface area contributed by atoms with Gasteiger partial charge in [0.15, 0.2) is 0 Å². The first-order chi connectivity index (χ1) is 8.84. The zero-order valence-electron chi connectivity index (χ0n) is 11.5. The lowest BCUT2D eigenvalue weighted by atomic mass is 10.2. The maximum absolute atomic E-state index is 12.7. The molecule has 3 nitrogen and oxygen atoms in total. The fourth-order valence-electron chi connectivity index (χ4n) is 2.27. The van der Waals surface area contributed by atoms with Gasteiger partial charge in [-0.05, 0) is 32.9 Å². The molecule has 19 heavy (non-hydrogen) atoms. The van der Waals surface area contributed by atoms with Gasteiger partial charge in [0.2, 0.25) is 10.0 Å². The van der Waals surface area contributed by atoms with Crippen molar-refractivity contribution in [3.8, 4) is 0 Å². The van der Waals surface area contributed by atoms with E-state index in [2.05, 4.69) is 6.58 Å². The van der Waals surface area contributed by atoms with E-state index < -0.39 is 10.0 Å². The first-order valence-electron chi connectivity index (χ1n) is 6.28. The van der Waals surface area contributed by atoms with Gasteiger partial charge in [0.05, 0.1) is 10.9 Å². The average molecular weight is 277 g/mol.